The third-order valence-corrected chi connectivity index (χ3v) is 5.45. The first-order valence-corrected chi connectivity index (χ1v) is 10.1. The van der Waals surface area contributed by atoms with Crippen LogP contribution >= 0.6 is 0 Å². The van der Waals surface area contributed by atoms with E-state index < -0.39 is 5.91 Å². The maximum atomic E-state index is 13.6. The number of nitrogens with one attached hydrogen (secondary N) is 1. The lowest BCUT2D eigenvalue weighted by Crippen LogP contribution is -2.32. The zero-order chi connectivity index (χ0) is 22.1. The molecule has 0 bridgehead atoms. The molecule has 0 saturated carbocycles. The molecule has 1 aliphatic heterocycles. The number of nitrogens with zero attached hydrogens (tertiary/aromatic N) is 1. The number of amides is 2. The van der Waals surface area contributed by atoms with E-state index in [1.54, 1.807) is 31.4 Å². The van der Waals surface area contributed by atoms with Crippen LogP contribution in [0, 0.1) is 20.8 Å². The molecule has 0 aromatic heterocycles. The van der Waals surface area contributed by atoms with E-state index in [4.69, 9.17) is 4.74 Å². The molecule has 5 heteroatoms. The molecule has 1 N–H and O–H groups in total. The Morgan fingerprint density at radius 2 is 1.58 bits per heavy atom. The zero-order valence-corrected chi connectivity index (χ0v) is 18.0. The Morgan fingerprint density at radius 1 is 0.806 bits per heavy atom. The Morgan fingerprint density at radius 3 is 2.29 bits per heavy atom. The highest BCUT2D eigenvalue weighted by molar-refractivity contribution is 6.46. The monoisotopic (exact) mass is 412 g/mol. The van der Waals surface area contributed by atoms with Crippen molar-refractivity contribution in [2.75, 3.05) is 17.3 Å². The summed E-state index contributed by atoms with van der Waals surface area (Å²) in [5.41, 5.74) is 5.65. The number of imide groups is 1. The summed E-state index contributed by atoms with van der Waals surface area (Å²) < 4.78 is 5.29. The minimum absolute atomic E-state index is 0.272. The number of ether oxygens (including phenoxy) is 1. The van der Waals surface area contributed by atoms with Crippen molar-refractivity contribution in [3.05, 3.63) is 94.7 Å². The number of aryl methyl sites for hydroxylation is 3. The predicted molar refractivity (Wildman–Crippen MR) is 123 cm³/mol. The molecule has 2 amide bonds. The van der Waals surface area contributed by atoms with E-state index in [2.05, 4.69) is 5.32 Å². The highest BCUT2D eigenvalue weighted by Gasteiger charge is 2.41. The Kier molecular flexibility index (Phi) is 5.34. The summed E-state index contributed by atoms with van der Waals surface area (Å²) in [5, 5.41) is 3.24. The van der Waals surface area contributed by atoms with E-state index in [1.165, 1.54) is 4.90 Å². The lowest BCUT2D eigenvalue weighted by molar-refractivity contribution is -0.120. The van der Waals surface area contributed by atoms with Gasteiger partial charge in [-0.05, 0) is 55.7 Å². The second kappa shape index (κ2) is 8.11. The molecule has 0 aliphatic carbocycles. The van der Waals surface area contributed by atoms with Gasteiger partial charge in [-0.1, -0.05) is 48.0 Å². The average Bonchev–Trinajstić information content (AvgIpc) is 2.99. The molecule has 5 nitrogen and oxygen atoms in total. The molecule has 0 fully saturated rings. The van der Waals surface area contributed by atoms with Gasteiger partial charge in [-0.25, -0.2) is 4.90 Å². The molecule has 3 aromatic carbocycles. The van der Waals surface area contributed by atoms with Crippen LogP contribution in [0.3, 0.4) is 0 Å². The molecule has 1 heterocycles. The number of hydrogen-bond acceptors (Lipinski definition) is 4. The van der Waals surface area contributed by atoms with Gasteiger partial charge in [0.15, 0.2) is 0 Å². The van der Waals surface area contributed by atoms with Gasteiger partial charge in [0.25, 0.3) is 11.8 Å². The highest BCUT2D eigenvalue weighted by Crippen LogP contribution is 2.36. The predicted octanol–water partition coefficient (Wildman–Crippen LogP) is 5.02. The van der Waals surface area contributed by atoms with Gasteiger partial charge in [0.2, 0.25) is 0 Å². The van der Waals surface area contributed by atoms with E-state index in [9.17, 15) is 9.59 Å². The third-order valence-electron chi connectivity index (χ3n) is 5.45. The van der Waals surface area contributed by atoms with Gasteiger partial charge >= 0.3 is 0 Å². The van der Waals surface area contributed by atoms with Crippen molar-refractivity contribution in [3.63, 3.8) is 0 Å². The van der Waals surface area contributed by atoms with Gasteiger partial charge in [0.1, 0.15) is 11.4 Å². The molecule has 0 saturated heterocycles. The molecule has 0 spiro atoms. The summed E-state index contributed by atoms with van der Waals surface area (Å²) in [6.45, 7) is 5.91. The van der Waals surface area contributed by atoms with E-state index in [-0.39, 0.29) is 11.6 Å². The molecule has 0 radical (unpaired) electrons. The summed E-state index contributed by atoms with van der Waals surface area (Å²) in [6.07, 6.45) is 0. The summed E-state index contributed by atoms with van der Waals surface area (Å²) in [5.74, 6) is -0.177. The first-order chi connectivity index (χ1) is 14.9. The Hall–Kier alpha value is -3.86. The Labute approximate surface area is 182 Å². The lowest BCUT2D eigenvalue weighted by Gasteiger charge is -2.16. The van der Waals surface area contributed by atoms with Gasteiger partial charge in [-0.3, -0.25) is 9.59 Å². The van der Waals surface area contributed by atoms with Crippen LogP contribution in [0.1, 0.15) is 22.3 Å². The van der Waals surface area contributed by atoms with Crippen molar-refractivity contribution >= 4 is 28.8 Å². The number of para-hydroxylation sites is 1. The lowest BCUT2D eigenvalue weighted by atomic mass is 9.97. The van der Waals surface area contributed by atoms with Crippen LogP contribution in [0.5, 0.6) is 5.75 Å². The van der Waals surface area contributed by atoms with Gasteiger partial charge in [-0.2, -0.15) is 0 Å². The quantitative estimate of drug-likeness (QED) is 0.598. The molecule has 0 unspecified atom stereocenters. The van der Waals surface area contributed by atoms with Crippen molar-refractivity contribution in [2.24, 2.45) is 0 Å². The number of rotatable bonds is 5. The van der Waals surface area contributed by atoms with Crippen LogP contribution in [0.25, 0.3) is 5.57 Å². The summed E-state index contributed by atoms with van der Waals surface area (Å²) in [7, 11) is 1.55. The fourth-order valence-electron chi connectivity index (χ4n) is 3.82. The Balaban J connectivity index is 1.87. The van der Waals surface area contributed by atoms with Crippen LogP contribution in [0.2, 0.25) is 0 Å². The largest absolute Gasteiger partial charge is 0.497 e. The maximum absolute atomic E-state index is 13.6. The van der Waals surface area contributed by atoms with E-state index >= 15 is 0 Å². The standard InChI is InChI=1S/C26H24N2O3/c1-16-12-13-21(18(3)14-16)23-24(27-22-11-6-5-8-17(22)2)26(30)28(25(23)29)19-9-7-10-20(15-19)31-4/h5-15,27H,1-4H3. The third kappa shape index (κ3) is 3.70. The van der Waals surface area contributed by atoms with Gasteiger partial charge < -0.3 is 10.1 Å². The first-order valence-electron chi connectivity index (χ1n) is 10.1. The topological polar surface area (TPSA) is 58.6 Å². The highest BCUT2D eigenvalue weighted by atomic mass is 16.5. The van der Waals surface area contributed by atoms with Crippen LogP contribution in [-0.4, -0.2) is 18.9 Å². The van der Waals surface area contributed by atoms with Crippen LogP contribution < -0.4 is 15.0 Å². The SMILES string of the molecule is COc1cccc(N2C(=O)C(Nc3ccccc3C)=C(c3ccc(C)cc3C)C2=O)c1. The molecule has 0 atom stereocenters. The van der Waals surface area contributed by atoms with Gasteiger partial charge in [0, 0.05) is 11.8 Å². The number of anilines is 2. The molecule has 31 heavy (non-hydrogen) atoms. The number of carbonyl (C=O) groups excluding carboxylic acids is 2. The van der Waals surface area contributed by atoms with Crippen molar-refractivity contribution in [1.29, 1.82) is 0 Å². The fraction of sp³-hybridized carbons (Fsp3) is 0.154. The van der Waals surface area contributed by atoms with Crippen LogP contribution in [0.15, 0.2) is 72.4 Å². The van der Waals surface area contributed by atoms with Crippen molar-refractivity contribution < 1.29 is 14.3 Å². The summed E-state index contributed by atoms with van der Waals surface area (Å²) in [6, 6.07) is 20.5. The molecule has 1 aliphatic rings. The average molecular weight is 412 g/mol. The number of hydrogen-bond donors (Lipinski definition) is 1. The normalized spacial score (nSPS) is 13.7. The molecular weight excluding hydrogens is 388 g/mol. The maximum Gasteiger partial charge on any atom is 0.282 e. The first kappa shape index (κ1) is 20.4. The van der Waals surface area contributed by atoms with Gasteiger partial charge in [-0.15, -0.1) is 0 Å². The molecule has 4 rings (SSSR count). The minimum Gasteiger partial charge on any atom is -0.497 e. The van der Waals surface area contributed by atoms with Crippen molar-refractivity contribution in [3.8, 4) is 5.75 Å². The zero-order valence-electron chi connectivity index (χ0n) is 18.0. The van der Waals surface area contributed by atoms with Gasteiger partial charge in [0.05, 0.1) is 18.4 Å². The molecule has 3 aromatic rings. The van der Waals surface area contributed by atoms with E-state index in [0.717, 1.165) is 27.9 Å². The number of benzene rings is 3. The number of methoxy groups -OCH3 is 1. The molecule has 156 valence electrons. The minimum atomic E-state index is -0.392. The van der Waals surface area contributed by atoms with Crippen molar-refractivity contribution in [1.82, 2.24) is 0 Å². The fourth-order valence-corrected chi connectivity index (χ4v) is 3.82. The smallest absolute Gasteiger partial charge is 0.282 e. The van der Waals surface area contributed by atoms with Crippen LogP contribution in [-0.2, 0) is 9.59 Å². The van der Waals surface area contributed by atoms with E-state index in [1.807, 2.05) is 63.2 Å². The summed E-state index contributed by atoms with van der Waals surface area (Å²) >= 11 is 0. The number of carbonyl (C=O) groups is 2. The van der Waals surface area contributed by atoms with Crippen LogP contribution in [0.4, 0.5) is 11.4 Å². The van der Waals surface area contributed by atoms with Crippen molar-refractivity contribution in [2.45, 2.75) is 20.8 Å². The van der Waals surface area contributed by atoms with E-state index in [0.29, 0.717) is 17.0 Å². The second-order valence-electron chi connectivity index (χ2n) is 7.66. The molecular formula is C26H24N2O3. The second-order valence-corrected chi connectivity index (χ2v) is 7.66. The Bertz CT molecular complexity index is 1230. The summed E-state index contributed by atoms with van der Waals surface area (Å²) in [4.78, 5) is 28.3.